The Labute approximate surface area is 148 Å². The Morgan fingerprint density at radius 1 is 1.20 bits per heavy atom. The average Bonchev–Trinajstić information content (AvgIpc) is 3.03. The number of rotatable bonds is 4. The molecule has 0 spiro atoms. The molecular formula is C19H26N2O4. The van der Waals surface area contributed by atoms with Crippen LogP contribution >= 0.6 is 0 Å². The molecule has 0 unspecified atom stereocenters. The summed E-state index contributed by atoms with van der Waals surface area (Å²) >= 11 is 0. The molecule has 136 valence electrons. The molecule has 1 N–H and O–H groups in total. The standard InChI is InChI=1S/C19H26N2O4/c1-14-5-3-4-6-16(14)25-19(18(23)24)8-11-21(12-9-19)17(22)15-7-10-20(2)13-15/h3-6,15H,7-13H2,1-2H3,(H,23,24)/t15-/m0/s1. The zero-order valence-electron chi connectivity index (χ0n) is 14.9. The van der Waals surface area contributed by atoms with Gasteiger partial charge in [0, 0.05) is 32.5 Å². The maximum atomic E-state index is 12.7. The Bertz CT molecular complexity index is 653. The van der Waals surface area contributed by atoms with Crippen molar-refractivity contribution in [1.29, 1.82) is 0 Å². The van der Waals surface area contributed by atoms with Gasteiger partial charge in [-0.1, -0.05) is 18.2 Å². The van der Waals surface area contributed by atoms with Crippen LogP contribution in [-0.2, 0) is 9.59 Å². The number of piperidine rings is 1. The summed E-state index contributed by atoms with van der Waals surface area (Å²) in [5.41, 5.74) is -0.342. The second kappa shape index (κ2) is 7.04. The van der Waals surface area contributed by atoms with E-state index in [1.165, 1.54) is 0 Å². The Balaban J connectivity index is 1.67. The van der Waals surface area contributed by atoms with Gasteiger partial charge in [-0.3, -0.25) is 4.79 Å². The molecule has 0 aromatic heterocycles. The van der Waals surface area contributed by atoms with Gasteiger partial charge < -0.3 is 19.6 Å². The molecule has 2 fully saturated rings. The fraction of sp³-hybridized carbons (Fsp3) is 0.579. The van der Waals surface area contributed by atoms with Gasteiger partial charge in [0.1, 0.15) is 5.75 Å². The van der Waals surface area contributed by atoms with Crippen LogP contribution in [0.25, 0.3) is 0 Å². The molecule has 25 heavy (non-hydrogen) atoms. The number of likely N-dealkylation sites (tertiary alicyclic amines) is 2. The van der Waals surface area contributed by atoms with Crippen LogP contribution in [0, 0.1) is 12.8 Å². The lowest BCUT2D eigenvalue weighted by molar-refractivity contribution is -0.162. The molecule has 0 saturated carbocycles. The first-order valence-corrected chi connectivity index (χ1v) is 8.87. The molecule has 0 bridgehead atoms. The average molecular weight is 346 g/mol. The van der Waals surface area contributed by atoms with Crippen molar-refractivity contribution in [2.45, 2.75) is 31.8 Å². The van der Waals surface area contributed by atoms with E-state index in [1.54, 1.807) is 6.07 Å². The second-order valence-corrected chi connectivity index (χ2v) is 7.24. The van der Waals surface area contributed by atoms with Crippen LogP contribution in [0.15, 0.2) is 24.3 Å². The first-order valence-electron chi connectivity index (χ1n) is 8.87. The minimum Gasteiger partial charge on any atom is -0.478 e. The molecule has 0 radical (unpaired) electrons. The maximum absolute atomic E-state index is 12.7. The fourth-order valence-electron chi connectivity index (χ4n) is 3.72. The van der Waals surface area contributed by atoms with Gasteiger partial charge in [0.2, 0.25) is 11.5 Å². The molecular weight excluding hydrogens is 320 g/mol. The van der Waals surface area contributed by atoms with E-state index in [-0.39, 0.29) is 11.8 Å². The van der Waals surface area contributed by atoms with E-state index >= 15 is 0 Å². The largest absolute Gasteiger partial charge is 0.478 e. The van der Waals surface area contributed by atoms with Crippen LogP contribution in [0.3, 0.4) is 0 Å². The lowest BCUT2D eigenvalue weighted by Crippen LogP contribution is -2.55. The van der Waals surface area contributed by atoms with Crippen molar-refractivity contribution < 1.29 is 19.4 Å². The number of hydrogen-bond acceptors (Lipinski definition) is 4. The third kappa shape index (κ3) is 3.63. The molecule has 1 aromatic carbocycles. The summed E-state index contributed by atoms with van der Waals surface area (Å²) in [6.07, 6.45) is 1.51. The van der Waals surface area contributed by atoms with E-state index < -0.39 is 11.6 Å². The number of carboxylic acids is 1. The number of hydrogen-bond donors (Lipinski definition) is 1. The van der Waals surface area contributed by atoms with Gasteiger partial charge in [0.15, 0.2) is 0 Å². The van der Waals surface area contributed by atoms with Crippen molar-refractivity contribution in [2.24, 2.45) is 5.92 Å². The van der Waals surface area contributed by atoms with E-state index in [4.69, 9.17) is 4.74 Å². The predicted octanol–water partition coefficient (Wildman–Crippen LogP) is 1.77. The summed E-state index contributed by atoms with van der Waals surface area (Å²) in [5.74, 6) is -0.163. The molecule has 6 nitrogen and oxygen atoms in total. The van der Waals surface area contributed by atoms with E-state index in [9.17, 15) is 14.7 Å². The van der Waals surface area contributed by atoms with E-state index in [0.29, 0.717) is 31.7 Å². The Kier molecular flexibility index (Phi) is 4.99. The third-order valence-corrected chi connectivity index (χ3v) is 5.41. The normalized spacial score (nSPS) is 23.4. The van der Waals surface area contributed by atoms with E-state index in [1.807, 2.05) is 37.1 Å². The topological polar surface area (TPSA) is 70.1 Å². The monoisotopic (exact) mass is 346 g/mol. The van der Waals surface area contributed by atoms with Gasteiger partial charge in [0.25, 0.3) is 0 Å². The van der Waals surface area contributed by atoms with E-state index in [0.717, 1.165) is 25.1 Å². The molecule has 2 aliphatic rings. The highest BCUT2D eigenvalue weighted by Crippen LogP contribution is 2.32. The Morgan fingerprint density at radius 2 is 1.88 bits per heavy atom. The van der Waals surface area contributed by atoms with Crippen LogP contribution in [0.1, 0.15) is 24.8 Å². The van der Waals surface area contributed by atoms with Crippen molar-refractivity contribution in [1.82, 2.24) is 9.80 Å². The number of ether oxygens (including phenoxy) is 1. The number of carbonyl (C=O) groups excluding carboxylic acids is 1. The highest BCUT2D eigenvalue weighted by Gasteiger charge is 2.46. The number of amides is 1. The van der Waals surface area contributed by atoms with Gasteiger partial charge in [-0.25, -0.2) is 4.79 Å². The van der Waals surface area contributed by atoms with Crippen molar-refractivity contribution in [2.75, 3.05) is 33.2 Å². The molecule has 0 aliphatic carbocycles. The maximum Gasteiger partial charge on any atom is 0.348 e. The third-order valence-electron chi connectivity index (χ3n) is 5.41. The number of aryl methyl sites for hydroxylation is 1. The number of aliphatic carboxylic acids is 1. The van der Waals surface area contributed by atoms with Gasteiger partial charge in [-0.2, -0.15) is 0 Å². The van der Waals surface area contributed by atoms with Crippen LogP contribution in [-0.4, -0.2) is 65.6 Å². The number of benzene rings is 1. The smallest absolute Gasteiger partial charge is 0.348 e. The van der Waals surface area contributed by atoms with Crippen molar-refractivity contribution in [3.8, 4) is 5.75 Å². The quantitative estimate of drug-likeness (QED) is 0.900. The zero-order valence-corrected chi connectivity index (χ0v) is 14.9. The highest BCUT2D eigenvalue weighted by molar-refractivity contribution is 5.81. The summed E-state index contributed by atoms with van der Waals surface area (Å²) in [7, 11) is 2.02. The SMILES string of the molecule is Cc1ccccc1OC1(C(=O)O)CCN(C(=O)[C@H]2CCN(C)C2)CC1. The summed E-state index contributed by atoms with van der Waals surface area (Å²) in [5, 5.41) is 9.78. The number of para-hydroxylation sites is 1. The van der Waals surface area contributed by atoms with E-state index in [2.05, 4.69) is 4.90 Å². The van der Waals surface area contributed by atoms with Gasteiger partial charge in [0.05, 0.1) is 5.92 Å². The van der Waals surface area contributed by atoms with Gasteiger partial charge in [-0.15, -0.1) is 0 Å². The van der Waals surface area contributed by atoms with Crippen LogP contribution in [0.2, 0.25) is 0 Å². The minimum absolute atomic E-state index is 0.0413. The molecule has 2 heterocycles. The van der Waals surface area contributed by atoms with Crippen LogP contribution in [0.5, 0.6) is 5.75 Å². The molecule has 1 atom stereocenters. The zero-order chi connectivity index (χ0) is 18.0. The van der Waals surface area contributed by atoms with Crippen LogP contribution in [0.4, 0.5) is 0 Å². The minimum atomic E-state index is -1.25. The first kappa shape index (κ1) is 17.7. The lowest BCUT2D eigenvalue weighted by atomic mass is 9.90. The summed E-state index contributed by atoms with van der Waals surface area (Å²) in [4.78, 5) is 28.6. The molecule has 6 heteroatoms. The lowest BCUT2D eigenvalue weighted by Gasteiger charge is -2.39. The van der Waals surface area contributed by atoms with Crippen molar-refractivity contribution in [3.05, 3.63) is 29.8 Å². The molecule has 2 aliphatic heterocycles. The van der Waals surface area contributed by atoms with Gasteiger partial charge >= 0.3 is 5.97 Å². The Hall–Kier alpha value is -2.08. The van der Waals surface area contributed by atoms with Crippen molar-refractivity contribution in [3.63, 3.8) is 0 Å². The fourth-order valence-corrected chi connectivity index (χ4v) is 3.72. The predicted molar refractivity (Wildman–Crippen MR) is 93.6 cm³/mol. The number of nitrogens with zero attached hydrogens (tertiary/aromatic N) is 2. The summed E-state index contributed by atoms with van der Waals surface area (Å²) < 4.78 is 5.96. The van der Waals surface area contributed by atoms with Gasteiger partial charge in [-0.05, 0) is 38.6 Å². The summed E-state index contributed by atoms with van der Waals surface area (Å²) in [6, 6.07) is 7.44. The molecule has 1 amide bonds. The molecule has 2 saturated heterocycles. The summed E-state index contributed by atoms with van der Waals surface area (Å²) in [6.45, 7) is 4.49. The van der Waals surface area contributed by atoms with Crippen molar-refractivity contribution >= 4 is 11.9 Å². The number of carboxylic acid groups (broad SMARTS) is 1. The molecule has 1 aromatic rings. The highest BCUT2D eigenvalue weighted by atomic mass is 16.5. The van der Waals surface area contributed by atoms with Crippen LogP contribution < -0.4 is 4.74 Å². The Morgan fingerprint density at radius 3 is 2.44 bits per heavy atom. The number of carbonyl (C=O) groups is 2. The first-order chi connectivity index (χ1) is 11.9. The molecule has 3 rings (SSSR count). The second-order valence-electron chi connectivity index (χ2n) is 7.24.